The molecule has 180 valence electrons. The second-order valence-electron chi connectivity index (χ2n) is 8.38. The number of rotatable bonds is 6. The van der Waals surface area contributed by atoms with Gasteiger partial charge in [-0.3, -0.25) is 14.6 Å². The van der Waals surface area contributed by atoms with Crippen molar-refractivity contribution in [1.82, 2.24) is 24.9 Å². The number of nitrogens with one attached hydrogen (secondary N) is 1. The highest BCUT2D eigenvalue weighted by atomic mass is 127. The van der Waals surface area contributed by atoms with Gasteiger partial charge in [0.2, 0.25) is 6.79 Å². The van der Waals surface area contributed by atoms with Gasteiger partial charge < -0.3 is 19.7 Å². The monoisotopic (exact) mass is 574 g/mol. The number of benzene rings is 2. The van der Waals surface area contributed by atoms with Crippen LogP contribution < -0.4 is 14.8 Å². The van der Waals surface area contributed by atoms with Crippen LogP contribution in [0.3, 0.4) is 0 Å². The van der Waals surface area contributed by atoms with Crippen molar-refractivity contribution in [3.8, 4) is 11.5 Å². The number of hydrogen-bond donors (Lipinski definition) is 1. The van der Waals surface area contributed by atoms with Crippen molar-refractivity contribution in [1.29, 1.82) is 0 Å². The summed E-state index contributed by atoms with van der Waals surface area (Å²) < 4.78 is 12.9. The number of fused-ring (bicyclic) bond motifs is 1. The standard InChI is InChI=1S/C25H30N6O2.HI/c1-26-25(27-16-20-4-2-5-21(14-20)18-31-9-3-8-28-31)30-12-10-29(11-13-30)17-22-6-7-23-24(15-22)33-19-32-23;/h2-9,14-15H,10-13,16-19H2,1H3,(H,26,27);1H. The molecule has 0 atom stereocenters. The zero-order chi connectivity index (χ0) is 22.5. The van der Waals surface area contributed by atoms with Gasteiger partial charge in [0.25, 0.3) is 0 Å². The van der Waals surface area contributed by atoms with Gasteiger partial charge in [0, 0.05) is 58.7 Å². The summed E-state index contributed by atoms with van der Waals surface area (Å²) in [5.74, 6) is 2.64. The van der Waals surface area contributed by atoms with Crippen molar-refractivity contribution in [3.63, 3.8) is 0 Å². The second-order valence-corrected chi connectivity index (χ2v) is 8.38. The lowest BCUT2D eigenvalue weighted by Crippen LogP contribution is -2.52. The molecule has 2 aliphatic heterocycles. The van der Waals surface area contributed by atoms with Gasteiger partial charge in [0.05, 0.1) is 6.54 Å². The third-order valence-corrected chi connectivity index (χ3v) is 6.07. The third-order valence-electron chi connectivity index (χ3n) is 6.07. The Labute approximate surface area is 217 Å². The molecule has 3 heterocycles. The average molecular weight is 574 g/mol. The molecule has 2 aromatic carbocycles. The van der Waals surface area contributed by atoms with Crippen LogP contribution in [-0.2, 0) is 19.6 Å². The van der Waals surface area contributed by atoms with Crippen LogP contribution in [0.15, 0.2) is 65.9 Å². The Hall–Kier alpha value is -2.79. The first kappa shape index (κ1) is 24.3. The topological polar surface area (TPSA) is 67.2 Å². The fourth-order valence-corrected chi connectivity index (χ4v) is 4.35. The molecule has 0 spiro atoms. The Kier molecular flexibility index (Phi) is 8.28. The number of piperazine rings is 1. The number of ether oxygens (including phenoxy) is 2. The maximum absolute atomic E-state index is 5.51. The Bertz CT molecular complexity index is 1100. The minimum atomic E-state index is 0. The van der Waals surface area contributed by atoms with Crippen LogP contribution in [0.4, 0.5) is 0 Å². The van der Waals surface area contributed by atoms with E-state index >= 15 is 0 Å². The lowest BCUT2D eigenvalue weighted by molar-refractivity contribution is 0.171. The summed E-state index contributed by atoms with van der Waals surface area (Å²) in [5, 5.41) is 7.84. The Morgan fingerprint density at radius 2 is 1.74 bits per heavy atom. The molecule has 0 saturated carbocycles. The largest absolute Gasteiger partial charge is 0.454 e. The normalized spacial score (nSPS) is 15.8. The van der Waals surface area contributed by atoms with Crippen LogP contribution in [0.5, 0.6) is 11.5 Å². The first-order valence-corrected chi connectivity index (χ1v) is 11.4. The zero-order valence-electron chi connectivity index (χ0n) is 19.4. The fraction of sp³-hybridized carbons (Fsp3) is 0.360. The van der Waals surface area contributed by atoms with Crippen LogP contribution in [0.1, 0.15) is 16.7 Å². The maximum Gasteiger partial charge on any atom is 0.231 e. The van der Waals surface area contributed by atoms with Gasteiger partial charge in [0.15, 0.2) is 17.5 Å². The molecule has 1 saturated heterocycles. The highest BCUT2D eigenvalue weighted by Gasteiger charge is 2.21. The lowest BCUT2D eigenvalue weighted by atomic mass is 10.1. The van der Waals surface area contributed by atoms with Gasteiger partial charge >= 0.3 is 0 Å². The molecule has 3 aromatic rings. The van der Waals surface area contributed by atoms with Gasteiger partial charge in [-0.15, -0.1) is 24.0 Å². The highest BCUT2D eigenvalue weighted by Crippen LogP contribution is 2.32. The summed E-state index contributed by atoms with van der Waals surface area (Å²) in [6.07, 6.45) is 3.79. The van der Waals surface area contributed by atoms with Crippen molar-refractivity contribution in [3.05, 3.63) is 77.6 Å². The number of guanidine groups is 1. The Morgan fingerprint density at radius 3 is 2.53 bits per heavy atom. The van der Waals surface area contributed by atoms with Crippen molar-refractivity contribution in [2.45, 2.75) is 19.6 Å². The Balaban J connectivity index is 0.00000274. The van der Waals surface area contributed by atoms with Crippen molar-refractivity contribution < 1.29 is 9.47 Å². The predicted octanol–water partition coefficient (Wildman–Crippen LogP) is 3.17. The van der Waals surface area contributed by atoms with E-state index in [2.05, 4.69) is 61.6 Å². The number of nitrogens with zero attached hydrogens (tertiary/aromatic N) is 5. The highest BCUT2D eigenvalue weighted by molar-refractivity contribution is 14.0. The van der Waals surface area contributed by atoms with Crippen LogP contribution in [0, 0.1) is 0 Å². The van der Waals surface area contributed by atoms with E-state index in [0.29, 0.717) is 6.79 Å². The first-order valence-electron chi connectivity index (χ1n) is 11.4. The molecule has 0 radical (unpaired) electrons. The lowest BCUT2D eigenvalue weighted by Gasteiger charge is -2.36. The summed E-state index contributed by atoms with van der Waals surface area (Å²) in [5.41, 5.74) is 3.73. The van der Waals surface area contributed by atoms with Gasteiger partial charge in [-0.05, 0) is 34.9 Å². The SMILES string of the molecule is CN=C(NCc1cccc(Cn2cccn2)c1)N1CCN(Cc2ccc3c(c2)OCO3)CC1.I. The van der Waals surface area contributed by atoms with Gasteiger partial charge in [-0.2, -0.15) is 5.10 Å². The van der Waals surface area contributed by atoms with Gasteiger partial charge in [0.1, 0.15) is 0 Å². The van der Waals surface area contributed by atoms with Crippen LogP contribution in [0.25, 0.3) is 0 Å². The van der Waals surface area contributed by atoms with E-state index in [9.17, 15) is 0 Å². The summed E-state index contributed by atoms with van der Waals surface area (Å²) in [4.78, 5) is 9.34. The second kappa shape index (κ2) is 11.6. The van der Waals surface area contributed by atoms with Crippen LogP contribution in [0.2, 0.25) is 0 Å². The molecule has 0 amide bonds. The molecular formula is C25H31IN6O2. The molecule has 5 rings (SSSR count). The number of aromatic nitrogens is 2. The van der Waals surface area contributed by atoms with E-state index in [4.69, 9.17) is 9.47 Å². The van der Waals surface area contributed by atoms with Crippen molar-refractivity contribution in [2.24, 2.45) is 4.99 Å². The number of halogens is 1. The van der Waals surface area contributed by atoms with E-state index in [1.165, 1.54) is 16.7 Å². The van der Waals surface area contributed by atoms with E-state index in [0.717, 1.165) is 63.3 Å². The quantitative estimate of drug-likeness (QED) is 0.277. The zero-order valence-corrected chi connectivity index (χ0v) is 21.7. The van der Waals surface area contributed by atoms with Gasteiger partial charge in [-0.25, -0.2) is 0 Å². The molecular weight excluding hydrogens is 543 g/mol. The molecule has 1 N–H and O–H groups in total. The molecule has 2 aliphatic rings. The number of hydrogen-bond acceptors (Lipinski definition) is 5. The Morgan fingerprint density at radius 1 is 0.941 bits per heavy atom. The maximum atomic E-state index is 5.51. The van der Waals surface area contributed by atoms with E-state index in [-0.39, 0.29) is 24.0 Å². The van der Waals surface area contributed by atoms with Crippen LogP contribution in [-0.4, -0.2) is 65.6 Å². The van der Waals surface area contributed by atoms with Crippen molar-refractivity contribution in [2.75, 3.05) is 40.0 Å². The van der Waals surface area contributed by atoms with E-state index in [1.54, 1.807) is 0 Å². The molecule has 0 unspecified atom stereocenters. The smallest absolute Gasteiger partial charge is 0.231 e. The fourth-order valence-electron chi connectivity index (χ4n) is 4.35. The molecule has 0 bridgehead atoms. The van der Waals surface area contributed by atoms with Crippen molar-refractivity contribution >= 4 is 29.9 Å². The predicted molar refractivity (Wildman–Crippen MR) is 143 cm³/mol. The minimum Gasteiger partial charge on any atom is -0.454 e. The molecule has 8 nitrogen and oxygen atoms in total. The van der Waals surface area contributed by atoms with E-state index in [1.807, 2.05) is 36.3 Å². The van der Waals surface area contributed by atoms with E-state index < -0.39 is 0 Å². The molecule has 0 aliphatic carbocycles. The summed E-state index contributed by atoms with van der Waals surface area (Å²) >= 11 is 0. The first-order chi connectivity index (χ1) is 16.3. The average Bonchev–Trinajstić information content (AvgIpc) is 3.52. The molecule has 9 heteroatoms. The summed E-state index contributed by atoms with van der Waals surface area (Å²) in [6, 6.07) is 16.8. The van der Waals surface area contributed by atoms with Crippen LogP contribution >= 0.6 is 24.0 Å². The van der Waals surface area contributed by atoms with Gasteiger partial charge in [-0.1, -0.05) is 30.3 Å². The summed E-state index contributed by atoms with van der Waals surface area (Å²) in [6.45, 7) is 6.64. The third kappa shape index (κ3) is 6.01. The molecule has 1 fully saturated rings. The molecule has 1 aromatic heterocycles. The minimum absolute atomic E-state index is 0. The molecule has 34 heavy (non-hydrogen) atoms. The summed E-state index contributed by atoms with van der Waals surface area (Å²) in [7, 11) is 1.86. The number of aliphatic imine (C=N–C) groups is 1.